The second-order valence-corrected chi connectivity index (χ2v) is 5.40. The molecule has 3 nitrogen and oxygen atoms in total. The summed E-state index contributed by atoms with van der Waals surface area (Å²) in [6, 6.07) is 13.0. The van der Waals surface area contributed by atoms with E-state index in [9.17, 15) is 4.79 Å². The van der Waals surface area contributed by atoms with Crippen molar-refractivity contribution in [1.29, 1.82) is 0 Å². The molecule has 102 valence electrons. The van der Waals surface area contributed by atoms with E-state index < -0.39 is 0 Å². The summed E-state index contributed by atoms with van der Waals surface area (Å²) in [6.45, 7) is 0.724. The molecule has 2 N–H and O–H groups in total. The van der Waals surface area contributed by atoms with Crippen molar-refractivity contribution in [2.24, 2.45) is 0 Å². The number of nitrogens with zero attached hydrogens (tertiary/aromatic N) is 1. The van der Waals surface area contributed by atoms with E-state index in [0.29, 0.717) is 16.3 Å². The van der Waals surface area contributed by atoms with Gasteiger partial charge >= 0.3 is 0 Å². The van der Waals surface area contributed by atoms with Crippen molar-refractivity contribution in [3.05, 3.63) is 58.6 Å². The number of aryl methyl sites for hydroxylation is 1. The van der Waals surface area contributed by atoms with Crippen LogP contribution >= 0.6 is 11.6 Å². The maximum Gasteiger partial charge on any atom is 0.258 e. The molecule has 0 bridgehead atoms. The molecule has 2 aromatic carbocycles. The summed E-state index contributed by atoms with van der Waals surface area (Å²) in [5.74, 6) is -0.0497. The highest BCUT2D eigenvalue weighted by Gasteiger charge is 2.23. The quantitative estimate of drug-likeness (QED) is 0.816. The standard InChI is InChI=1S/C16H15ClN2O/c17-13-8-12(9-14(18)10-13)16(20)19-7-3-5-11-4-1-2-6-15(11)19/h1-2,4,6,8-10H,3,5,7,18H2. The number of hydrogen-bond acceptors (Lipinski definition) is 2. The zero-order valence-corrected chi connectivity index (χ0v) is 11.7. The smallest absolute Gasteiger partial charge is 0.258 e. The summed E-state index contributed by atoms with van der Waals surface area (Å²) in [5, 5.41) is 0.485. The molecule has 0 radical (unpaired) electrons. The summed E-state index contributed by atoms with van der Waals surface area (Å²) >= 11 is 5.98. The topological polar surface area (TPSA) is 46.3 Å². The lowest BCUT2D eigenvalue weighted by Crippen LogP contribution is -2.35. The number of amides is 1. The van der Waals surface area contributed by atoms with Crippen LogP contribution in [0, 0.1) is 0 Å². The van der Waals surface area contributed by atoms with Gasteiger partial charge in [0.05, 0.1) is 0 Å². The number of anilines is 2. The van der Waals surface area contributed by atoms with Gasteiger partial charge in [-0.3, -0.25) is 4.79 Å². The first-order valence-electron chi connectivity index (χ1n) is 6.61. The van der Waals surface area contributed by atoms with E-state index in [0.717, 1.165) is 25.1 Å². The fourth-order valence-electron chi connectivity index (χ4n) is 2.64. The van der Waals surface area contributed by atoms with E-state index >= 15 is 0 Å². The van der Waals surface area contributed by atoms with Crippen LogP contribution in [0.15, 0.2) is 42.5 Å². The summed E-state index contributed by atoms with van der Waals surface area (Å²) < 4.78 is 0. The van der Waals surface area contributed by atoms with Gasteiger partial charge in [0.1, 0.15) is 0 Å². The molecule has 0 atom stereocenters. The molecule has 1 aliphatic rings. The third-order valence-electron chi connectivity index (χ3n) is 3.52. The van der Waals surface area contributed by atoms with Crippen LogP contribution in [0.1, 0.15) is 22.3 Å². The minimum Gasteiger partial charge on any atom is -0.399 e. The molecule has 0 spiro atoms. The van der Waals surface area contributed by atoms with Crippen molar-refractivity contribution < 1.29 is 4.79 Å². The Morgan fingerprint density at radius 2 is 2.00 bits per heavy atom. The zero-order chi connectivity index (χ0) is 14.1. The summed E-state index contributed by atoms with van der Waals surface area (Å²) in [5.41, 5.74) is 9.00. The molecule has 0 unspecified atom stereocenters. The summed E-state index contributed by atoms with van der Waals surface area (Å²) in [4.78, 5) is 14.5. The van der Waals surface area contributed by atoms with Gasteiger partial charge in [0, 0.05) is 28.5 Å². The molecule has 20 heavy (non-hydrogen) atoms. The van der Waals surface area contributed by atoms with Gasteiger partial charge in [-0.2, -0.15) is 0 Å². The van der Waals surface area contributed by atoms with E-state index in [2.05, 4.69) is 6.07 Å². The van der Waals surface area contributed by atoms with Crippen molar-refractivity contribution in [3.63, 3.8) is 0 Å². The van der Waals surface area contributed by atoms with Gasteiger partial charge in [0.2, 0.25) is 0 Å². The summed E-state index contributed by atoms with van der Waals surface area (Å²) in [7, 11) is 0. The van der Waals surface area contributed by atoms with Crippen molar-refractivity contribution >= 4 is 28.9 Å². The van der Waals surface area contributed by atoms with Gasteiger partial charge in [0.15, 0.2) is 0 Å². The molecule has 4 heteroatoms. The highest BCUT2D eigenvalue weighted by Crippen LogP contribution is 2.29. The molecule has 1 heterocycles. The van der Waals surface area contributed by atoms with E-state index in [-0.39, 0.29) is 5.91 Å². The number of carbonyl (C=O) groups excluding carboxylic acids is 1. The Kier molecular flexibility index (Phi) is 3.36. The number of carbonyl (C=O) groups is 1. The monoisotopic (exact) mass is 286 g/mol. The Morgan fingerprint density at radius 1 is 1.20 bits per heavy atom. The minimum atomic E-state index is -0.0497. The summed E-state index contributed by atoms with van der Waals surface area (Å²) in [6.07, 6.45) is 1.98. The Morgan fingerprint density at radius 3 is 2.80 bits per heavy atom. The molecule has 0 aromatic heterocycles. The van der Waals surface area contributed by atoms with Gasteiger partial charge in [-0.15, -0.1) is 0 Å². The molecule has 0 fully saturated rings. The molecule has 3 rings (SSSR count). The highest BCUT2D eigenvalue weighted by atomic mass is 35.5. The number of para-hydroxylation sites is 1. The average molecular weight is 287 g/mol. The van der Waals surface area contributed by atoms with Gasteiger partial charge in [-0.25, -0.2) is 0 Å². The van der Waals surface area contributed by atoms with E-state index in [1.807, 2.05) is 23.1 Å². The van der Waals surface area contributed by atoms with E-state index in [4.69, 9.17) is 17.3 Å². The van der Waals surface area contributed by atoms with Gasteiger partial charge in [-0.05, 0) is 42.7 Å². The first-order chi connectivity index (χ1) is 9.65. The Labute approximate surface area is 123 Å². The van der Waals surface area contributed by atoms with Crippen LogP contribution in [0.5, 0.6) is 0 Å². The first kappa shape index (κ1) is 13.0. The Hall–Kier alpha value is -2.00. The van der Waals surface area contributed by atoms with Crippen molar-refractivity contribution in [1.82, 2.24) is 0 Å². The maximum absolute atomic E-state index is 12.7. The van der Waals surface area contributed by atoms with Crippen LogP contribution in [0.3, 0.4) is 0 Å². The molecular formula is C16H15ClN2O. The number of hydrogen-bond donors (Lipinski definition) is 1. The lowest BCUT2D eigenvalue weighted by molar-refractivity contribution is 0.0985. The third-order valence-corrected chi connectivity index (χ3v) is 3.74. The van der Waals surface area contributed by atoms with Crippen molar-refractivity contribution in [3.8, 4) is 0 Å². The van der Waals surface area contributed by atoms with Gasteiger partial charge in [0.25, 0.3) is 5.91 Å². The lowest BCUT2D eigenvalue weighted by atomic mass is 10.0. The van der Waals surface area contributed by atoms with Crippen LogP contribution in [0.4, 0.5) is 11.4 Å². The number of nitrogen functional groups attached to an aromatic ring is 1. The van der Waals surface area contributed by atoms with Gasteiger partial charge in [-0.1, -0.05) is 29.8 Å². The predicted octanol–water partition coefficient (Wildman–Crippen LogP) is 3.52. The largest absolute Gasteiger partial charge is 0.399 e. The van der Waals surface area contributed by atoms with Crippen molar-refractivity contribution in [2.75, 3.05) is 17.2 Å². The van der Waals surface area contributed by atoms with E-state index in [1.54, 1.807) is 18.2 Å². The van der Waals surface area contributed by atoms with Crippen LogP contribution < -0.4 is 10.6 Å². The number of fused-ring (bicyclic) bond motifs is 1. The fourth-order valence-corrected chi connectivity index (χ4v) is 2.88. The second-order valence-electron chi connectivity index (χ2n) is 4.96. The fraction of sp³-hybridized carbons (Fsp3) is 0.188. The number of halogens is 1. The Balaban J connectivity index is 1.99. The molecule has 0 aliphatic carbocycles. The predicted molar refractivity (Wildman–Crippen MR) is 82.3 cm³/mol. The molecule has 0 saturated heterocycles. The van der Waals surface area contributed by atoms with Crippen LogP contribution in [-0.2, 0) is 6.42 Å². The highest BCUT2D eigenvalue weighted by molar-refractivity contribution is 6.31. The SMILES string of the molecule is Nc1cc(Cl)cc(C(=O)N2CCCc3ccccc32)c1. The zero-order valence-electron chi connectivity index (χ0n) is 11.0. The molecular weight excluding hydrogens is 272 g/mol. The molecule has 1 aliphatic heterocycles. The number of nitrogens with two attached hydrogens (primary N) is 1. The Bertz CT molecular complexity index is 649. The molecule has 0 saturated carbocycles. The minimum absolute atomic E-state index is 0.0497. The van der Waals surface area contributed by atoms with E-state index in [1.165, 1.54) is 5.56 Å². The maximum atomic E-state index is 12.7. The third kappa shape index (κ3) is 2.37. The molecule has 1 amide bonds. The van der Waals surface area contributed by atoms with Crippen molar-refractivity contribution in [2.45, 2.75) is 12.8 Å². The lowest BCUT2D eigenvalue weighted by Gasteiger charge is -2.29. The molecule has 2 aromatic rings. The second kappa shape index (κ2) is 5.17. The van der Waals surface area contributed by atoms with Crippen LogP contribution in [-0.4, -0.2) is 12.5 Å². The normalized spacial score (nSPS) is 13.9. The number of rotatable bonds is 1. The number of benzene rings is 2. The van der Waals surface area contributed by atoms with Crippen LogP contribution in [0.25, 0.3) is 0 Å². The first-order valence-corrected chi connectivity index (χ1v) is 6.99. The van der Waals surface area contributed by atoms with Crippen LogP contribution in [0.2, 0.25) is 5.02 Å². The van der Waals surface area contributed by atoms with Gasteiger partial charge < -0.3 is 10.6 Å². The average Bonchev–Trinajstić information content (AvgIpc) is 2.45.